The normalized spacial score (nSPS) is 14.3. The van der Waals surface area contributed by atoms with Gasteiger partial charge in [-0.1, -0.05) is 31.2 Å². The molecule has 1 atom stereocenters. The zero-order chi connectivity index (χ0) is 17.3. The second-order valence-electron chi connectivity index (χ2n) is 5.17. The Labute approximate surface area is 131 Å². The van der Waals surface area contributed by atoms with Crippen molar-refractivity contribution < 1.29 is 28.2 Å². The lowest BCUT2D eigenvalue weighted by atomic mass is 9.83. The minimum Gasteiger partial charge on any atom is -0.478 e. The standard InChI is InChI=1S/C17H15F3O3/c1-2-16(23,12-8-6-11(7-9-12)15(21)22)13-4-3-5-14(10-13)17(18,19)20/h3-10,23H,2H2,1H3,(H,21,22). The van der Waals surface area contributed by atoms with Crippen molar-refractivity contribution in [1.82, 2.24) is 0 Å². The van der Waals surface area contributed by atoms with Gasteiger partial charge in [0.1, 0.15) is 5.60 Å². The van der Waals surface area contributed by atoms with Gasteiger partial charge in [-0.05, 0) is 41.8 Å². The molecule has 0 heterocycles. The molecule has 0 aliphatic rings. The van der Waals surface area contributed by atoms with Crippen molar-refractivity contribution in [3.8, 4) is 0 Å². The third-order valence-corrected chi connectivity index (χ3v) is 3.79. The van der Waals surface area contributed by atoms with Crippen LogP contribution < -0.4 is 0 Å². The highest BCUT2D eigenvalue weighted by atomic mass is 19.4. The topological polar surface area (TPSA) is 57.5 Å². The first-order valence-electron chi connectivity index (χ1n) is 6.92. The van der Waals surface area contributed by atoms with E-state index in [1.807, 2.05) is 0 Å². The van der Waals surface area contributed by atoms with Crippen molar-refractivity contribution >= 4 is 5.97 Å². The first kappa shape index (κ1) is 17.0. The molecule has 0 radical (unpaired) electrons. The van der Waals surface area contributed by atoms with Gasteiger partial charge >= 0.3 is 12.1 Å². The Morgan fingerprint density at radius 2 is 1.57 bits per heavy atom. The van der Waals surface area contributed by atoms with Gasteiger partial charge in [-0.3, -0.25) is 0 Å². The summed E-state index contributed by atoms with van der Waals surface area (Å²) in [6.07, 6.45) is -4.36. The fourth-order valence-electron chi connectivity index (χ4n) is 2.42. The van der Waals surface area contributed by atoms with Crippen LogP contribution in [-0.2, 0) is 11.8 Å². The molecule has 2 N–H and O–H groups in total. The van der Waals surface area contributed by atoms with Crippen LogP contribution in [0.2, 0.25) is 0 Å². The quantitative estimate of drug-likeness (QED) is 0.892. The maximum absolute atomic E-state index is 12.9. The van der Waals surface area contributed by atoms with E-state index in [1.165, 1.54) is 36.4 Å². The summed E-state index contributed by atoms with van der Waals surface area (Å²) in [6, 6.07) is 9.95. The Morgan fingerprint density at radius 1 is 1.00 bits per heavy atom. The molecule has 6 heteroatoms. The Kier molecular flexibility index (Phi) is 4.47. The van der Waals surface area contributed by atoms with E-state index in [4.69, 9.17) is 5.11 Å². The van der Waals surface area contributed by atoms with Crippen LogP contribution in [-0.4, -0.2) is 16.2 Å². The Morgan fingerprint density at radius 3 is 2.04 bits per heavy atom. The molecule has 23 heavy (non-hydrogen) atoms. The smallest absolute Gasteiger partial charge is 0.416 e. The van der Waals surface area contributed by atoms with Crippen LogP contribution in [0.25, 0.3) is 0 Å². The van der Waals surface area contributed by atoms with E-state index in [0.29, 0.717) is 5.56 Å². The third-order valence-electron chi connectivity index (χ3n) is 3.79. The zero-order valence-corrected chi connectivity index (χ0v) is 12.3. The number of carboxylic acids is 1. The van der Waals surface area contributed by atoms with Gasteiger partial charge in [-0.15, -0.1) is 0 Å². The van der Waals surface area contributed by atoms with Gasteiger partial charge in [0.2, 0.25) is 0 Å². The second kappa shape index (κ2) is 6.04. The number of aliphatic hydroxyl groups is 1. The van der Waals surface area contributed by atoms with Gasteiger partial charge in [0.05, 0.1) is 11.1 Å². The van der Waals surface area contributed by atoms with Gasteiger partial charge in [0.15, 0.2) is 0 Å². The van der Waals surface area contributed by atoms with Gasteiger partial charge in [0, 0.05) is 0 Å². The lowest BCUT2D eigenvalue weighted by molar-refractivity contribution is -0.137. The maximum Gasteiger partial charge on any atom is 0.416 e. The predicted molar refractivity (Wildman–Crippen MR) is 78.1 cm³/mol. The molecular formula is C17H15F3O3. The number of carbonyl (C=O) groups is 1. The third kappa shape index (κ3) is 3.37. The van der Waals surface area contributed by atoms with Crippen LogP contribution in [0.15, 0.2) is 48.5 Å². The summed E-state index contributed by atoms with van der Waals surface area (Å²) in [5.41, 5.74) is -1.99. The molecule has 0 saturated heterocycles. The molecule has 0 fully saturated rings. The molecule has 122 valence electrons. The molecule has 0 aliphatic heterocycles. The Balaban J connectivity index is 2.50. The number of alkyl halides is 3. The van der Waals surface area contributed by atoms with Crippen molar-refractivity contribution in [3.63, 3.8) is 0 Å². The minimum absolute atomic E-state index is 0.0382. The molecular weight excluding hydrogens is 309 g/mol. The molecule has 2 aromatic rings. The van der Waals surface area contributed by atoms with E-state index in [1.54, 1.807) is 6.92 Å². The van der Waals surface area contributed by atoms with Crippen molar-refractivity contribution in [2.24, 2.45) is 0 Å². The first-order valence-corrected chi connectivity index (χ1v) is 6.92. The molecule has 2 aromatic carbocycles. The summed E-state index contributed by atoms with van der Waals surface area (Å²) >= 11 is 0. The number of aromatic carboxylic acids is 1. The van der Waals surface area contributed by atoms with Crippen LogP contribution in [0.3, 0.4) is 0 Å². The van der Waals surface area contributed by atoms with E-state index in [-0.39, 0.29) is 17.5 Å². The fourth-order valence-corrected chi connectivity index (χ4v) is 2.42. The summed E-state index contributed by atoms with van der Waals surface area (Å²) in [5.74, 6) is -1.12. The van der Waals surface area contributed by atoms with E-state index >= 15 is 0 Å². The van der Waals surface area contributed by atoms with E-state index in [0.717, 1.165) is 12.1 Å². The minimum atomic E-state index is -4.50. The Hall–Kier alpha value is -2.34. The molecule has 0 saturated carbocycles. The van der Waals surface area contributed by atoms with E-state index in [9.17, 15) is 23.1 Å². The summed E-state index contributed by atoms with van der Waals surface area (Å²) in [7, 11) is 0. The number of hydrogen-bond donors (Lipinski definition) is 2. The lowest BCUT2D eigenvalue weighted by Gasteiger charge is -2.28. The number of halogens is 3. The van der Waals surface area contributed by atoms with Gasteiger partial charge < -0.3 is 10.2 Å². The molecule has 0 bridgehead atoms. The average Bonchev–Trinajstić information content (AvgIpc) is 2.53. The summed E-state index contributed by atoms with van der Waals surface area (Å²) in [6.45, 7) is 1.64. The molecule has 0 spiro atoms. The zero-order valence-electron chi connectivity index (χ0n) is 12.3. The molecule has 0 aliphatic carbocycles. The van der Waals surface area contributed by atoms with Gasteiger partial charge in [-0.25, -0.2) is 4.79 Å². The van der Waals surface area contributed by atoms with Crippen molar-refractivity contribution in [1.29, 1.82) is 0 Å². The monoisotopic (exact) mass is 324 g/mol. The van der Waals surface area contributed by atoms with Crippen LogP contribution in [0.1, 0.15) is 40.4 Å². The molecule has 1 unspecified atom stereocenters. The van der Waals surface area contributed by atoms with Crippen molar-refractivity contribution in [2.45, 2.75) is 25.1 Å². The van der Waals surface area contributed by atoms with Crippen LogP contribution in [0, 0.1) is 0 Å². The van der Waals surface area contributed by atoms with Crippen LogP contribution in [0.4, 0.5) is 13.2 Å². The van der Waals surface area contributed by atoms with Crippen molar-refractivity contribution in [3.05, 3.63) is 70.8 Å². The molecule has 2 rings (SSSR count). The highest BCUT2D eigenvalue weighted by molar-refractivity contribution is 5.87. The summed E-state index contributed by atoms with van der Waals surface area (Å²) in [4.78, 5) is 10.9. The molecule has 0 aromatic heterocycles. The Bertz CT molecular complexity index is 708. The summed E-state index contributed by atoms with van der Waals surface area (Å²) in [5, 5.41) is 19.8. The van der Waals surface area contributed by atoms with Crippen LogP contribution in [0.5, 0.6) is 0 Å². The maximum atomic E-state index is 12.9. The number of rotatable bonds is 4. The molecule has 3 nitrogen and oxygen atoms in total. The number of carboxylic acid groups (broad SMARTS) is 1. The van der Waals surface area contributed by atoms with Gasteiger partial charge in [0.25, 0.3) is 0 Å². The molecule has 0 amide bonds. The number of hydrogen-bond acceptors (Lipinski definition) is 2. The summed E-state index contributed by atoms with van der Waals surface area (Å²) < 4.78 is 38.6. The van der Waals surface area contributed by atoms with E-state index < -0.39 is 23.3 Å². The number of benzene rings is 2. The van der Waals surface area contributed by atoms with Crippen LogP contribution >= 0.6 is 0 Å². The second-order valence-corrected chi connectivity index (χ2v) is 5.17. The fraction of sp³-hybridized carbons (Fsp3) is 0.235. The first-order chi connectivity index (χ1) is 10.7. The highest BCUT2D eigenvalue weighted by Crippen LogP contribution is 2.36. The SMILES string of the molecule is CCC(O)(c1ccc(C(=O)O)cc1)c1cccc(C(F)(F)F)c1. The van der Waals surface area contributed by atoms with Gasteiger partial charge in [-0.2, -0.15) is 13.2 Å². The lowest BCUT2D eigenvalue weighted by Crippen LogP contribution is -2.27. The van der Waals surface area contributed by atoms with E-state index in [2.05, 4.69) is 0 Å². The average molecular weight is 324 g/mol. The largest absolute Gasteiger partial charge is 0.478 e. The van der Waals surface area contributed by atoms with Crippen molar-refractivity contribution in [2.75, 3.05) is 0 Å². The predicted octanol–water partition coefficient (Wildman–Crippen LogP) is 4.05. The highest BCUT2D eigenvalue weighted by Gasteiger charge is 2.34.